The molecule has 0 atom stereocenters. The zero-order valence-corrected chi connectivity index (χ0v) is 14.8. The van der Waals surface area contributed by atoms with Crippen LogP contribution < -0.4 is 19.7 Å². The summed E-state index contributed by atoms with van der Waals surface area (Å²) in [7, 11) is 1.12. The third kappa shape index (κ3) is 4.66. The number of methoxy groups -OCH3 is 1. The molecule has 1 aliphatic rings. The van der Waals surface area contributed by atoms with Gasteiger partial charge in [0.1, 0.15) is 11.5 Å². The Morgan fingerprint density at radius 1 is 1.10 bits per heavy atom. The third-order valence-electron chi connectivity index (χ3n) is 4.17. The first-order valence-corrected chi connectivity index (χ1v) is 8.20. The summed E-state index contributed by atoms with van der Waals surface area (Å²) in [6.07, 6.45) is -9.29. The van der Waals surface area contributed by atoms with Crippen LogP contribution in [-0.4, -0.2) is 26.0 Å². The minimum absolute atomic E-state index is 0.00486. The normalized spacial score (nSPS) is 13.8. The van der Waals surface area contributed by atoms with E-state index in [1.54, 1.807) is 0 Å². The standard InChI is InChI=1S/C18H14F6N2O3/c1-28-15-7-10-5-6-26(14(10)9-13(15)17(19,20)21)16(27)25-11-3-2-4-12(8-11)29-18(22,23)24/h2-4,7-9H,5-6H2,1H3,(H,25,27). The van der Waals surface area contributed by atoms with Gasteiger partial charge in [-0.2, -0.15) is 13.2 Å². The van der Waals surface area contributed by atoms with Crippen molar-refractivity contribution in [3.8, 4) is 11.5 Å². The van der Waals surface area contributed by atoms with Crippen molar-refractivity contribution in [1.82, 2.24) is 0 Å². The van der Waals surface area contributed by atoms with Crippen LogP contribution in [0.1, 0.15) is 11.1 Å². The van der Waals surface area contributed by atoms with Crippen molar-refractivity contribution in [2.45, 2.75) is 19.0 Å². The van der Waals surface area contributed by atoms with Crippen LogP contribution in [0.3, 0.4) is 0 Å². The van der Waals surface area contributed by atoms with Gasteiger partial charge in [0, 0.05) is 24.0 Å². The molecule has 0 saturated heterocycles. The molecule has 0 fully saturated rings. The van der Waals surface area contributed by atoms with Gasteiger partial charge in [0.15, 0.2) is 0 Å². The van der Waals surface area contributed by atoms with Crippen molar-refractivity contribution in [2.24, 2.45) is 0 Å². The molecule has 3 rings (SSSR count). The Morgan fingerprint density at radius 2 is 1.83 bits per heavy atom. The van der Waals surface area contributed by atoms with Gasteiger partial charge in [0.25, 0.3) is 0 Å². The Labute approximate surface area is 160 Å². The lowest BCUT2D eigenvalue weighted by Gasteiger charge is -2.20. The van der Waals surface area contributed by atoms with E-state index in [-0.39, 0.29) is 23.7 Å². The summed E-state index contributed by atoms with van der Waals surface area (Å²) in [5, 5.41) is 2.36. The number of anilines is 2. The van der Waals surface area contributed by atoms with Crippen LogP contribution in [0.25, 0.3) is 0 Å². The molecule has 1 aliphatic heterocycles. The zero-order valence-electron chi connectivity index (χ0n) is 14.8. The number of amides is 2. The lowest BCUT2D eigenvalue weighted by molar-refractivity contribution is -0.274. The highest BCUT2D eigenvalue weighted by Gasteiger charge is 2.37. The van der Waals surface area contributed by atoms with E-state index >= 15 is 0 Å². The van der Waals surface area contributed by atoms with Crippen LogP contribution in [0, 0.1) is 0 Å². The zero-order chi connectivity index (χ0) is 21.4. The molecular weight excluding hydrogens is 406 g/mol. The second-order valence-electron chi connectivity index (χ2n) is 6.09. The van der Waals surface area contributed by atoms with Gasteiger partial charge < -0.3 is 14.8 Å². The number of halogens is 6. The maximum Gasteiger partial charge on any atom is 0.573 e. The highest BCUT2D eigenvalue weighted by Crippen LogP contribution is 2.42. The van der Waals surface area contributed by atoms with Crippen molar-refractivity contribution in [2.75, 3.05) is 23.9 Å². The van der Waals surface area contributed by atoms with E-state index in [1.807, 2.05) is 0 Å². The molecule has 0 unspecified atom stereocenters. The number of fused-ring (bicyclic) bond motifs is 1. The minimum atomic E-state index is -4.90. The van der Waals surface area contributed by atoms with E-state index in [4.69, 9.17) is 4.74 Å². The SMILES string of the molecule is COc1cc2c(cc1C(F)(F)F)N(C(=O)Nc1cccc(OC(F)(F)F)c1)CC2. The fraction of sp³-hybridized carbons (Fsp3) is 0.278. The molecule has 156 valence electrons. The number of urea groups is 1. The number of nitrogens with zero attached hydrogens (tertiary/aromatic N) is 1. The Hall–Kier alpha value is -3.11. The van der Waals surface area contributed by atoms with Crippen LogP contribution in [0.5, 0.6) is 11.5 Å². The number of benzene rings is 2. The van der Waals surface area contributed by atoms with E-state index < -0.39 is 29.9 Å². The second-order valence-corrected chi connectivity index (χ2v) is 6.09. The Kier molecular flexibility index (Phi) is 5.24. The molecule has 11 heteroatoms. The summed E-state index contributed by atoms with van der Waals surface area (Å²) in [6, 6.07) is 5.83. The summed E-state index contributed by atoms with van der Waals surface area (Å²) in [6.45, 7) is 0.102. The Balaban J connectivity index is 1.84. The van der Waals surface area contributed by atoms with E-state index in [9.17, 15) is 31.1 Å². The molecule has 29 heavy (non-hydrogen) atoms. The number of carbonyl (C=O) groups excluding carboxylic acids is 1. The highest BCUT2D eigenvalue weighted by molar-refractivity contribution is 6.03. The molecule has 2 aromatic carbocycles. The highest BCUT2D eigenvalue weighted by atomic mass is 19.4. The number of hydrogen-bond donors (Lipinski definition) is 1. The topological polar surface area (TPSA) is 50.8 Å². The van der Waals surface area contributed by atoms with Gasteiger partial charge in [-0.3, -0.25) is 4.90 Å². The van der Waals surface area contributed by atoms with Crippen LogP contribution in [0.15, 0.2) is 36.4 Å². The lowest BCUT2D eigenvalue weighted by atomic mass is 10.1. The Bertz CT molecular complexity index is 927. The number of hydrogen-bond acceptors (Lipinski definition) is 3. The first-order valence-electron chi connectivity index (χ1n) is 8.20. The van der Waals surface area contributed by atoms with Gasteiger partial charge >= 0.3 is 18.6 Å². The van der Waals surface area contributed by atoms with Gasteiger partial charge in [-0.1, -0.05) is 6.07 Å². The van der Waals surface area contributed by atoms with E-state index in [2.05, 4.69) is 10.1 Å². The third-order valence-corrected chi connectivity index (χ3v) is 4.17. The number of rotatable bonds is 3. The van der Waals surface area contributed by atoms with Crippen molar-refractivity contribution in [3.05, 3.63) is 47.5 Å². The van der Waals surface area contributed by atoms with Crippen LogP contribution >= 0.6 is 0 Å². The minimum Gasteiger partial charge on any atom is -0.496 e. The number of nitrogens with one attached hydrogen (secondary N) is 1. The summed E-state index contributed by atoms with van der Waals surface area (Å²) in [4.78, 5) is 13.6. The molecule has 1 N–H and O–H groups in total. The molecule has 5 nitrogen and oxygen atoms in total. The predicted octanol–water partition coefficient (Wildman–Crippen LogP) is 5.21. The second kappa shape index (κ2) is 7.37. The van der Waals surface area contributed by atoms with Crippen LogP contribution in [0.2, 0.25) is 0 Å². The van der Waals surface area contributed by atoms with Gasteiger partial charge in [0.2, 0.25) is 0 Å². The largest absolute Gasteiger partial charge is 0.573 e. The molecule has 0 radical (unpaired) electrons. The molecule has 0 aromatic heterocycles. The molecule has 2 amide bonds. The van der Waals surface area contributed by atoms with Crippen molar-refractivity contribution in [1.29, 1.82) is 0 Å². The first-order chi connectivity index (χ1) is 13.5. The summed E-state index contributed by atoms with van der Waals surface area (Å²) < 4.78 is 85.3. The first kappa shape index (κ1) is 20.6. The lowest BCUT2D eigenvalue weighted by Crippen LogP contribution is -2.33. The average Bonchev–Trinajstić information content (AvgIpc) is 3.01. The van der Waals surface area contributed by atoms with Crippen molar-refractivity contribution >= 4 is 17.4 Å². The molecule has 0 saturated carbocycles. The number of alkyl halides is 6. The van der Waals surface area contributed by atoms with Crippen molar-refractivity contribution in [3.63, 3.8) is 0 Å². The van der Waals surface area contributed by atoms with E-state index in [1.165, 1.54) is 18.2 Å². The fourth-order valence-corrected chi connectivity index (χ4v) is 2.98. The summed E-state index contributed by atoms with van der Waals surface area (Å²) >= 11 is 0. The Morgan fingerprint density at radius 3 is 2.45 bits per heavy atom. The maximum atomic E-state index is 13.3. The molecule has 1 heterocycles. The maximum absolute atomic E-state index is 13.3. The van der Waals surface area contributed by atoms with Gasteiger partial charge in [0.05, 0.1) is 12.7 Å². The van der Waals surface area contributed by atoms with E-state index in [0.717, 1.165) is 30.2 Å². The number of carbonyl (C=O) groups is 1. The van der Waals surface area contributed by atoms with E-state index in [0.29, 0.717) is 12.0 Å². The monoisotopic (exact) mass is 420 g/mol. The van der Waals surface area contributed by atoms with Gasteiger partial charge in [-0.15, -0.1) is 13.2 Å². The van der Waals surface area contributed by atoms with Crippen LogP contribution in [0.4, 0.5) is 42.5 Å². The summed E-state index contributed by atoms with van der Waals surface area (Å²) in [5.41, 5.74) is -0.494. The summed E-state index contributed by atoms with van der Waals surface area (Å²) in [5.74, 6) is -0.892. The molecule has 0 aliphatic carbocycles. The van der Waals surface area contributed by atoms with Gasteiger partial charge in [-0.25, -0.2) is 4.79 Å². The smallest absolute Gasteiger partial charge is 0.496 e. The molecule has 0 bridgehead atoms. The average molecular weight is 420 g/mol. The van der Waals surface area contributed by atoms with Crippen LogP contribution in [-0.2, 0) is 12.6 Å². The van der Waals surface area contributed by atoms with Crippen molar-refractivity contribution < 1.29 is 40.6 Å². The quantitative estimate of drug-likeness (QED) is 0.694. The van der Waals surface area contributed by atoms with Gasteiger partial charge in [-0.05, 0) is 36.2 Å². The fourth-order valence-electron chi connectivity index (χ4n) is 2.98. The molecular formula is C18H14F6N2O3. The molecule has 2 aromatic rings. The predicted molar refractivity (Wildman–Crippen MR) is 91.2 cm³/mol. The molecule has 0 spiro atoms. The number of ether oxygens (including phenoxy) is 2.